The minimum atomic E-state index is -0.470. The standard InChI is InChI=1S/C19H10BrN3O3S2/c20-14-6-7-15(17-13(14)5-2-8-21-17)22-18(24)16(28-19(22)27)10-11-3-1-4-12(9-11)23(25)26/h1-10H/b16-10-. The van der Waals surface area contributed by atoms with Crippen LogP contribution in [0.1, 0.15) is 5.56 Å². The number of carbonyl (C=O) groups is 1. The molecule has 0 aliphatic carbocycles. The van der Waals surface area contributed by atoms with Crippen molar-refractivity contribution in [1.82, 2.24) is 4.98 Å². The Bertz CT molecular complexity index is 1200. The van der Waals surface area contributed by atoms with Crippen LogP contribution in [-0.4, -0.2) is 20.1 Å². The molecule has 0 unspecified atom stereocenters. The summed E-state index contributed by atoms with van der Waals surface area (Å²) in [4.78, 5) is 29.8. The average molecular weight is 472 g/mol. The zero-order chi connectivity index (χ0) is 19.8. The first-order valence-corrected chi connectivity index (χ1v) is 10.0. The number of benzene rings is 2. The predicted molar refractivity (Wildman–Crippen MR) is 118 cm³/mol. The summed E-state index contributed by atoms with van der Waals surface area (Å²) in [5, 5.41) is 11.8. The minimum absolute atomic E-state index is 0.0349. The molecule has 1 fully saturated rings. The summed E-state index contributed by atoms with van der Waals surface area (Å²) in [5.74, 6) is -0.282. The van der Waals surface area contributed by atoms with Crippen LogP contribution in [-0.2, 0) is 4.79 Å². The van der Waals surface area contributed by atoms with E-state index in [0.717, 1.165) is 21.6 Å². The molecular formula is C19H10BrN3O3S2. The number of hydrogen-bond donors (Lipinski definition) is 0. The van der Waals surface area contributed by atoms with Crippen molar-refractivity contribution in [1.29, 1.82) is 0 Å². The van der Waals surface area contributed by atoms with Gasteiger partial charge in [0.25, 0.3) is 11.6 Å². The van der Waals surface area contributed by atoms with Crippen molar-refractivity contribution < 1.29 is 9.72 Å². The molecule has 1 saturated heterocycles. The summed E-state index contributed by atoms with van der Waals surface area (Å²) in [7, 11) is 0. The molecule has 2 heterocycles. The van der Waals surface area contributed by atoms with E-state index in [4.69, 9.17) is 12.2 Å². The van der Waals surface area contributed by atoms with Gasteiger partial charge in [0.1, 0.15) is 0 Å². The lowest BCUT2D eigenvalue weighted by atomic mass is 10.1. The number of amides is 1. The molecule has 0 spiro atoms. The van der Waals surface area contributed by atoms with Crippen molar-refractivity contribution in [3.63, 3.8) is 0 Å². The molecule has 0 radical (unpaired) electrons. The molecule has 1 aromatic heterocycles. The third kappa shape index (κ3) is 3.32. The van der Waals surface area contributed by atoms with Gasteiger partial charge in [-0.05, 0) is 29.8 Å². The Morgan fingerprint density at radius 3 is 2.82 bits per heavy atom. The van der Waals surface area contributed by atoms with Crippen LogP contribution in [0.4, 0.5) is 11.4 Å². The summed E-state index contributed by atoms with van der Waals surface area (Å²) in [6.07, 6.45) is 3.27. The highest BCUT2D eigenvalue weighted by atomic mass is 79.9. The summed E-state index contributed by atoms with van der Waals surface area (Å²) < 4.78 is 1.26. The number of carbonyl (C=O) groups excluding carboxylic acids is 1. The largest absolute Gasteiger partial charge is 0.270 e. The maximum Gasteiger partial charge on any atom is 0.270 e. The van der Waals surface area contributed by atoms with E-state index in [9.17, 15) is 14.9 Å². The van der Waals surface area contributed by atoms with E-state index in [1.807, 2.05) is 18.2 Å². The number of anilines is 1. The number of nitro groups is 1. The van der Waals surface area contributed by atoms with E-state index in [1.54, 1.807) is 30.5 Å². The van der Waals surface area contributed by atoms with E-state index in [1.165, 1.54) is 17.0 Å². The zero-order valence-electron chi connectivity index (χ0n) is 14.0. The van der Waals surface area contributed by atoms with Gasteiger partial charge < -0.3 is 0 Å². The van der Waals surface area contributed by atoms with Crippen molar-refractivity contribution >= 4 is 78.5 Å². The highest BCUT2D eigenvalue weighted by Crippen LogP contribution is 2.39. The van der Waals surface area contributed by atoms with Gasteiger partial charge in [-0.1, -0.05) is 58.1 Å². The number of thioether (sulfide) groups is 1. The second-order valence-corrected chi connectivity index (χ2v) is 8.37. The summed E-state index contributed by atoms with van der Waals surface area (Å²) in [5.41, 5.74) is 1.79. The Morgan fingerprint density at radius 2 is 2.04 bits per heavy atom. The van der Waals surface area contributed by atoms with Crippen LogP contribution >= 0.6 is 39.9 Å². The van der Waals surface area contributed by atoms with Crippen molar-refractivity contribution in [2.24, 2.45) is 0 Å². The maximum atomic E-state index is 13.0. The number of aromatic nitrogens is 1. The lowest BCUT2D eigenvalue weighted by Crippen LogP contribution is -2.27. The normalized spacial score (nSPS) is 15.6. The SMILES string of the molecule is O=C1/C(=C/c2cccc([N+](=O)[O-])c2)SC(=S)N1c1ccc(Br)c2cccnc12. The van der Waals surface area contributed by atoms with Gasteiger partial charge in [0.05, 0.1) is 21.0 Å². The summed E-state index contributed by atoms with van der Waals surface area (Å²) in [6, 6.07) is 13.5. The van der Waals surface area contributed by atoms with Gasteiger partial charge in [-0.25, -0.2) is 0 Å². The quantitative estimate of drug-likeness (QED) is 0.223. The Balaban J connectivity index is 1.76. The fourth-order valence-corrected chi connectivity index (χ4v) is 4.60. The van der Waals surface area contributed by atoms with Crippen LogP contribution in [0.25, 0.3) is 17.0 Å². The molecule has 28 heavy (non-hydrogen) atoms. The molecule has 6 nitrogen and oxygen atoms in total. The number of fused-ring (bicyclic) bond motifs is 1. The predicted octanol–water partition coefficient (Wildman–Crippen LogP) is 5.31. The Kier molecular flexibility index (Phi) is 4.96. The maximum absolute atomic E-state index is 13.0. The molecule has 2 aromatic carbocycles. The van der Waals surface area contributed by atoms with Gasteiger partial charge >= 0.3 is 0 Å². The molecule has 1 amide bonds. The Morgan fingerprint density at radius 1 is 1.21 bits per heavy atom. The van der Waals surface area contributed by atoms with E-state index in [-0.39, 0.29) is 11.6 Å². The average Bonchev–Trinajstić information content (AvgIpc) is 2.96. The molecule has 0 atom stereocenters. The number of pyridine rings is 1. The molecular weight excluding hydrogens is 462 g/mol. The number of rotatable bonds is 3. The first-order valence-electron chi connectivity index (χ1n) is 8.01. The van der Waals surface area contributed by atoms with Gasteiger partial charge in [-0.15, -0.1) is 0 Å². The van der Waals surface area contributed by atoms with Crippen molar-refractivity contribution in [2.75, 3.05) is 4.90 Å². The van der Waals surface area contributed by atoms with Crippen molar-refractivity contribution in [2.45, 2.75) is 0 Å². The Labute approximate surface area is 177 Å². The number of halogens is 1. The minimum Gasteiger partial charge on any atom is -0.268 e. The fourth-order valence-electron chi connectivity index (χ4n) is 2.86. The van der Waals surface area contributed by atoms with Crippen LogP contribution in [0.15, 0.2) is 64.1 Å². The van der Waals surface area contributed by atoms with Gasteiger partial charge in [0.2, 0.25) is 0 Å². The second kappa shape index (κ2) is 7.42. The first-order chi connectivity index (χ1) is 13.5. The van der Waals surface area contributed by atoms with E-state index in [0.29, 0.717) is 26.0 Å². The number of nitrogens with zero attached hydrogens (tertiary/aromatic N) is 3. The van der Waals surface area contributed by atoms with Gasteiger partial charge in [0, 0.05) is 28.2 Å². The number of nitro benzene ring substituents is 1. The lowest BCUT2D eigenvalue weighted by Gasteiger charge is -2.17. The summed E-state index contributed by atoms with van der Waals surface area (Å²) in [6.45, 7) is 0. The molecule has 9 heteroatoms. The summed E-state index contributed by atoms with van der Waals surface area (Å²) >= 11 is 10.1. The monoisotopic (exact) mass is 471 g/mol. The molecule has 4 rings (SSSR count). The third-order valence-corrected chi connectivity index (χ3v) is 6.10. The third-order valence-electron chi connectivity index (χ3n) is 4.11. The van der Waals surface area contributed by atoms with Crippen LogP contribution in [0, 0.1) is 10.1 Å². The van der Waals surface area contributed by atoms with Crippen LogP contribution in [0.2, 0.25) is 0 Å². The number of thiocarbonyl (C=S) groups is 1. The van der Waals surface area contributed by atoms with Gasteiger partial charge in [-0.2, -0.15) is 0 Å². The molecule has 3 aromatic rings. The fraction of sp³-hybridized carbons (Fsp3) is 0. The first kappa shape index (κ1) is 18.7. The number of non-ortho nitro benzene ring substituents is 1. The van der Waals surface area contributed by atoms with E-state index in [2.05, 4.69) is 20.9 Å². The molecule has 138 valence electrons. The van der Waals surface area contributed by atoms with Crippen LogP contribution < -0.4 is 4.90 Å². The smallest absolute Gasteiger partial charge is 0.268 e. The van der Waals surface area contributed by atoms with Crippen molar-refractivity contribution in [3.8, 4) is 0 Å². The molecule has 0 bridgehead atoms. The van der Waals surface area contributed by atoms with Crippen LogP contribution in [0.3, 0.4) is 0 Å². The number of hydrogen-bond acceptors (Lipinski definition) is 6. The molecule has 1 aliphatic rings. The van der Waals surface area contributed by atoms with Crippen molar-refractivity contribution in [3.05, 3.63) is 79.8 Å². The van der Waals surface area contributed by atoms with Gasteiger partial charge in [-0.3, -0.25) is 24.8 Å². The van der Waals surface area contributed by atoms with E-state index >= 15 is 0 Å². The molecule has 1 aliphatic heterocycles. The van der Waals surface area contributed by atoms with Gasteiger partial charge in [0.15, 0.2) is 4.32 Å². The lowest BCUT2D eigenvalue weighted by molar-refractivity contribution is -0.384. The van der Waals surface area contributed by atoms with Crippen LogP contribution in [0.5, 0.6) is 0 Å². The highest BCUT2D eigenvalue weighted by molar-refractivity contribution is 9.10. The molecule has 0 saturated carbocycles. The van der Waals surface area contributed by atoms with E-state index < -0.39 is 4.92 Å². The topological polar surface area (TPSA) is 76.3 Å². The highest BCUT2D eigenvalue weighted by Gasteiger charge is 2.34. The Hall–Kier alpha value is -2.62. The second-order valence-electron chi connectivity index (χ2n) is 5.84. The molecule has 0 N–H and O–H groups in total. The zero-order valence-corrected chi connectivity index (χ0v) is 17.3.